The molecule has 0 unspecified atom stereocenters. The molecule has 0 saturated carbocycles. The summed E-state index contributed by atoms with van der Waals surface area (Å²) in [6.45, 7) is 1.18. The maximum Gasteiger partial charge on any atom is 0.272 e. The lowest BCUT2D eigenvalue weighted by molar-refractivity contribution is 0.0578. The summed E-state index contributed by atoms with van der Waals surface area (Å²) in [5.74, 6) is 1.81. The van der Waals surface area contributed by atoms with Gasteiger partial charge in [0, 0.05) is 38.5 Å². The summed E-state index contributed by atoms with van der Waals surface area (Å²) in [6, 6.07) is 15.0. The fraction of sp³-hybridized carbons (Fsp3) is 0.308. The van der Waals surface area contributed by atoms with E-state index >= 15 is 0 Å². The van der Waals surface area contributed by atoms with E-state index in [-0.39, 0.29) is 12.0 Å². The molecule has 0 bridgehead atoms. The van der Waals surface area contributed by atoms with Gasteiger partial charge in [0.1, 0.15) is 23.3 Å². The molecular formula is C26H27N5O4. The Morgan fingerprint density at radius 1 is 1.00 bits per heavy atom. The van der Waals surface area contributed by atoms with Crippen molar-refractivity contribution >= 4 is 16.9 Å². The topological polar surface area (TPSA) is 91.6 Å². The Balaban J connectivity index is 1.26. The van der Waals surface area contributed by atoms with Gasteiger partial charge >= 0.3 is 0 Å². The molecule has 2 aromatic carbocycles. The van der Waals surface area contributed by atoms with Crippen LogP contribution in [0, 0.1) is 0 Å². The van der Waals surface area contributed by atoms with Crippen molar-refractivity contribution in [3.8, 4) is 28.6 Å². The number of likely N-dealkylation sites (tertiary alicyclic amines) is 1. The number of ether oxygens (including phenoxy) is 3. The second-order valence-electron chi connectivity index (χ2n) is 8.41. The first-order valence-corrected chi connectivity index (χ1v) is 11.5. The summed E-state index contributed by atoms with van der Waals surface area (Å²) in [5, 5.41) is 4.57. The maximum atomic E-state index is 13.3. The van der Waals surface area contributed by atoms with Crippen LogP contribution >= 0.6 is 0 Å². The van der Waals surface area contributed by atoms with Crippen molar-refractivity contribution in [3.63, 3.8) is 0 Å². The van der Waals surface area contributed by atoms with Crippen LogP contribution < -0.4 is 14.2 Å². The predicted octanol–water partition coefficient (Wildman–Crippen LogP) is 3.73. The average molecular weight is 474 g/mol. The number of fused-ring (bicyclic) bond motifs is 1. The van der Waals surface area contributed by atoms with Crippen molar-refractivity contribution in [2.45, 2.75) is 18.9 Å². The number of piperidine rings is 1. The minimum Gasteiger partial charge on any atom is -0.497 e. The first kappa shape index (κ1) is 22.6. The van der Waals surface area contributed by atoms with Gasteiger partial charge in [0.25, 0.3) is 5.91 Å². The molecule has 5 rings (SSSR count). The van der Waals surface area contributed by atoms with Gasteiger partial charge < -0.3 is 19.1 Å². The molecule has 9 heteroatoms. The van der Waals surface area contributed by atoms with Crippen LogP contribution in [0.2, 0.25) is 0 Å². The first-order chi connectivity index (χ1) is 17.1. The first-order valence-electron chi connectivity index (χ1n) is 11.5. The number of carbonyl (C=O) groups excluding carboxylic acids is 1. The highest BCUT2D eigenvalue weighted by Gasteiger charge is 2.27. The predicted molar refractivity (Wildman–Crippen MR) is 131 cm³/mol. The van der Waals surface area contributed by atoms with E-state index in [0.717, 1.165) is 16.6 Å². The number of para-hydroxylation sites is 2. The molecular weight excluding hydrogens is 446 g/mol. The Labute approximate surface area is 203 Å². The van der Waals surface area contributed by atoms with Gasteiger partial charge in [-0.15, -0.1) is 0 Å². The number of aromatic nitrogens is 4. The van der Waals surface area contributed by atoms with E-state index in [1.54, 1.807) is 38.2 Å². The van der Waals surface area contributed by atoms with E-state index in [0.29, 0.717) is 54.7 Å². The lowest BCUT2D eigenvalue weighted by Crippen LogP contribution is -2.42. The van der Waals surface area contributed by atoms with Gasteiger partial charge in [0.2, 0.25) is 5.88 Å². The number of rotatable bonds is 6. The standard InChI is InChI=1S/C26H27N5O4/c1-30-23(15-22(29-30)19-14-18(33-2)8-9-24(19)34-3)26(32)31-12-10-17(11-13-31)35-25-16-27-20-6-4-5-7-21(20)28-25/h4-9,14-17H,10-13H2,1-3H3. The van der Waals surface area contributed by atoms with Crippen LogP contribution in [0.15, 0.2) is 54.7 Å². The van der Waals surface area contributed by atoms with Crippen LogP contribution in [0.1, 0.15) is 23.3 Å². The molecule has 4 aromatic rings. The zero-order chi connectivity index (χ0) is 24.4. The monoisotopic (exact) mass is 473 g/mol. The molecule has 0 aliphatic carbocycles. The van der Waals surface area contributed by atoms with Crippen molar-refractivity contribution in [1.82, 2.24) is 24.6 Å². The molecule has 0 atom stereocenters. The Hall–Kier alpha value is -4.14. The molecule has 9 nitrogen and oxygen atoms in total. The summed E-state index contributed by atoms with van der Waals surface area (Å²) < 4.78 is 18.5. The zero-order valence-electron chi connectivity index (χ0n) is 20.0. The Bertz CT molecular complexity index is 1360. The third-order valence-corrected chi connectivity index (χ3v) is 6.22. The molecule has 0 spiro atoms. The largest absolute Gasteiger partial charge is 0.497 e. The van der Waals surface area contributed by atoms with E-state index in [9.17, 15) is 4.79 Å². The molecule has 0 N–H and O–H groups in total. The highest BCUT2D eigenvalue weighted by Crippen LogP contribution is 2.33. The normalized spacial score (nSPS) is 14.2. The Morgan fingerprint density at radius 2 is 1.77 bits per heavy atom. The molecule has 3 heterocycles. The van der Waals surface area contributed by atoms with Gasteiger partial charge in [-0.1, -0.05) is 12.1 Å². The SMILES string of the molecule is COc1ccc(OC)c(-c2cc(C(=O)N3CCC(Oc4cnc5ccccc5n4)CC3)n(C)n2)c1. The van der Waals surface area contributed by atoms with Gasteiger partial charge in [-0.2, -0.15) is 5.10 Å². The molecule has 1 amide bonds. The molecule has 1 saturated heterocycles. The number of amides is 1. The van der Waals surface area contributed by atoms with Crippen LogP contribution in [-0.2, 0) is 7.05 Å². The average Bonchev–Trinajstić information content (AvgIpc) is 3.29. The van der Waals surface area contributed by atoms with Crippen LogP contribution in [0.25, 0.3) is 22.3 Å². The quantitative estimate of drug-likeness (QED) is 0.421. The summed E-state index contributed by atoms with van der Waals surface area (Å²) in [7, 11) is 4.99. The third kappa shape index (κ3) is 4.62. The zero-order valence-corrected chi connectivity index (χ0v) is 20.0. The molecule has 1 aliphatic rings. The van der Waals surface area contributed by atoms with Crippen molar-refractivity contribution in [2.24, 2.45) is 7.05 Å². The Kier molecular flexibility index (Phi) is 6.22. The summed E-state index contributed by atoms with van der Waals surface area (Å²) in [6.07, 6.45) is 3.07. The summed E-state index contributed by atoms with van der Waals surface area (Å²) in [4.78, 5) is 24.1. The fourth-order valence-corrected chi connectivity index (χ4v) is 4.32. The van der Waals surface area contributed by atoms with E-state index in [4.69, 9.17) is 14.2 Å². The van der Waals surface area contributed by atoms with E-state index < -0.39 is 0 Å². The molecule has 1 aliphatic heterocycles. The molecule has 0 radical (unpaired) electrons. The van der Waals surface area contributed by atoms with Gasteiger partial charge in [-0.25, -0.2) is 9.97 Å². The van der Waals surface area contributed by atoms with Gasteiger partial charge in [-0.3, -0.25) is 9.48 Å². The van der Waals surface area contributed by atoms with E-state index in [2.05, 4.69) is 15.1 Å². The number of carbonyl (C=O) groups is 1. The van der Waals surface area contributed by atoms with Crippen LogP contribution in [-0.4, -0.2) is 64.0 Å². The second-order valence-corrected chi connectivity index (χ2v) is 8.41. The maximum absolute atomic E-state index is 13.3. The number of methoxy groups -OCH3 is 2. The van der Waals surface area contributed by atoms with Crippen molar-refractivity contribution in [1.29, 1.82) is 0 Å². The number of hydrogen-bond acceptors (Lipinski definition) is 7. The van der Waals surface area contributed by atoms with Crippen LogP contribution in [0.5, 0.6) is 17.4 Å². The minimum absolute atomic E-state index is 0.0161. The third-order valence-electron chi connectivity index (χ3n) is 6.22. The summed E-state index contributed by atoms with van der Waals surface area (Å²) in [5.41, 5.74) is 3.58. The van der Waals surface area contributed by atoms with E-state index in [1.807, 2.05) is 47.4 Å². The van der Waals surface area contributed by atoms with Crippen LogP contribution in [0.4, 0.5) is 0 Å². The lowest BCUT2D eigenvalue weighted by Gasteiger charge is -2.31. The van der Waals surface area contributed by atoms with Gasteiger partial charge in [-0.05, 0) is 36.4 Å². The highest BCUT2D eigenvalue weighted by molar-refractivity contribution is 5.94. The summed E-state index contributed by atoms with van der Waals surface area (Å²) >= 11 is 0. The number of benzene rings is 2. The van der Waals surface area contributed by atoms with Crippen molar-refractivity contribution in [3.05, 3.63) is 60.4 Å². The number of hydrogen-bond donors (Lipinski definition) is 0. The van der Waals surface area contributed by atoms with Gasteiger partial charge in [0.05, 0.1) is 37.1 Å². The Morgan fingerprint density at radius 3 is 2.51 bits per heavy atom. The number of nitrogens with zero attached hydrogens (tertiary/aromatic N) is 5. The van der Waals surface area contributed by atoms with Crippen molar-refractivity contribution < 1.29 is 19.0 Å². The lowest BCUT2D eigenvalue weighted by atomic mass is 10.1. The molecule has 2 aromatic heterocycles. The smallest absolute Gasteiger partial charge is 0.272 e. The minimum atomic E-state index is -0.0583. The fourth-order valence-electron chi connectivity index (χ4n) is 4.32. The molecule has 1 fully saturated rings. The molecule has 180 valence electrons. The number of aryl methyl sites for hydroxylation is 1. The second kappa shape index (κ2) is 9.61. The van der Waals surface area contributed by atoms with Crippen LogP contribution in [0.3, 0.4) is 0 Å². The molecule has 35 heavy (non-hydrogen) atoms. The van der Waals surface area contributed by atoms with Gasteiger partial charge in [0.15, 0.2) is 0 Å². The van der Waals surface area contributed by atoms with E-state index in [1.165, 1.54) is 0 Å². The highest BCUT2D eigenvalue weighted by atomic mass is 16.5. The van der Waals surface area contributed by atoms with Crippen molar-refractivity contribution in [2.75, 3.05) is 27.3 Å².